The fourth-order valence-electron chi connectivity index (χ4n) is 4.56. The topological polar surface area (TPSA) is 43.4 Å². The fourth-order valence-corrected chi connectivity index (χ4v) is 4.56. The van der Waals surface area contributed by atoms with Crippen molar-refractivity contribution in [3.8, 4) is 0 Å². The van der Waals surface area contributed by atoms with Gasteiger partial charge in [0.15, 0.2) is 0 Å². The van der Waals surface area contributed by atoms with E-state index in [4.69, 9.17) is 4.74 Å². The van der Waals surface area contributed by atoms with Crippen LogP contribution in [0.3, 0.4) is 0 Å². The van der Waals surface area contributed by atoms with E-state index in [1.807, 2.05) is 12.2 Å². The van der Waals surface area contributed by atoms with Gasteiger partial charge in [-0.3, -0.25) is 9.59 Å². The molecule has 1 aliphatic heterocycles. The summed E-state index contributed by atoms with van der Waals surface area (Å²) < 4.78 is 4.91. The molecule has 0 aliphatic carbocycles. The van der Waals surface area contributed by atoms with Crippen molar-refractivity contribution in [2.75, 3.05) is 0 Å². The molecule has 0 aromatic carbocycles. The van der Waals surface area contributed by atoms with Crippen molar-refractivity contribution >= 4 is 11.9 Å². The molecule has 0 aromatic rings. The normalized spacial score (nSPS) is 18.7. The second-order valence-corrected chi connectivity index (χ2v) is 9.88. The quantitative estimate of drug-likeness (QED) is 0.0699. The maximum Gasteiger partial charge on any atom is 0.321 e. The van der Waals surface area contributed by atoms with Crippen molar-refractivity contribution in [2.45, 2.75) is 142 Å². The van der Waals surface area contributed by atoms with Gasteiger partial charge in [0.05, 0.1) is 11.8 Å². The number of ether oxygens (including phenoxy) is 1. The molecule has 0 bridgehead atoms. The second-order valence-electron chi connectivity index (χ2n) is 9.88. The molecule has 0 saturated carbocycles. The molecule has 190 valence electrons. The first-order valence-electron chi connectivity index (χ1n) is 14.3. The number of allylic oxidation sites excluding steroid dienone is 2. The monoisotopic (exact) mass is 460 g/mol. The predicted molar refractivity (Wildman–Crippen MR) is 140 cm³/mol. The Bertz CT molecular complexity index is 549. The number of cyclic esters (lactones) is 2. The van der Waals surface area contributed by atoms with Crippen molar-refractivity contribution in [2.24, 2.45) is 11.8 Å². The molecular weight excluding hydrogens is 408 g/mol. The molecule has 0 spiro atoms. The highest BCUT2D eigenvalue weighted by Gasteiger charge is 2.40. The van der Waals surface area contributed by atoms with E-state index in [1.165, 1.54) is 103 Å². The van der Waals surface area contributed by atoms with Gasteiger partial charge in [-0.2, -0.15) is 0 Å². The lowest BCUT2D eigenvalue weighted by atomic mass is 9.93. The number of unbranched alkanes of at least 4 members (excludes halogenated alkanes) is 18. The summed E-state index contributed by atoms with van der Waals surface area (Å²) in [6.07, 6.45) is 33.6. The van der Waals surface area contributed by atoms with E-state index >= 15 is 0 Å². The Balaban J connectivity index is 2.14. The van der Waals surface area contributed by atoms with Gasteiger partial charge < -0.3 is 4.74 Å². The van der Waals surface area contributed by atoms with Gasteiger partial charge in [0.25, 0.3) is 0 Å². The summed E-state index contributed by atoms with van der Waals surface area (Å²) in [4.78, 5) is 24.2. The lowest BCUT2D eigenvalue weighted by molar-refractivity contribution is -0.153. The lowest BCUT2D eigenvalue weighted by Gasteiger charge is -2.05. The van der Waals surface area contributed by atoms with Crippen LogP contribution < -0.4 is 0 Å². The van der Waals surface area contributed by atoms with Gasteiger partial charge in [-0.1, -0.05) is 141 Å². The third kappa shape index (κ3) is 15.2. The van der Waals surface area contributed by atoms with Gasteiger partial charge in [-0.05, 0) is 25.7 Å². The average molecular weight is 461 g/mol. The minimum Gasteiger partial charge on any atom is -0.392 e. The first-order valence-corrected chi connectivity index (χ1v) is 14.3. The van der Waals surface area contributed by atoms with E-state index in [0.717, 1.165) is 25.7 Å². The first kappa shape index (κ1) is 29.7. The number of hydrogen-bond donors (Lipinski definition) is 0. The summed E-state index contributed by atoms with van der Waals surface area (Å²) >= 11 is 0. The summed E-state index contributed by atoms with van der Waals surface area (Å²) in [6, 6.07) is 0. The summed E-state index contributed by atoms with van der Waals surface area (Å²) in [5.41, 5.74) is 0. The van der Waals surface area contributed by atoms with E-state index in [0.29, 0.717) is 0 Å². The lowest BCUT2D eigenvalue weighted by Crippen LogP contribution is -2.13. The van der Waals surface area contributed by atoms with E-state index in [9.17, 15) is 9.59 Å². The zero-order valence-electron chi connectivity index (χ0n) is 21.8. The van der Waals surface area contributed by atoms with Crippen LogP contribution in [0.15, 0.2) is 24.3 Å². The molecule has 33 heavy (non-hydrogen) atoms. The van der Waals surface area contributed by atoms with E-state index in [1.54, 1.807) is 0 Å². The number of rotatable bonds is 22. The molecule has 3 nitrogen and oxygen atoms in total. The smallest absolute Gasteiger partial charge is 0.321 e. The van der Waals surface area contributed by atoms with Crippen LogP contribution in [0.25, 0.3) is 0 Å². The Hall–Kier alpha value is -1.38. The third-order valence-electron chi connectivity index (χ3n) is 6.77. The van der Waals surface area contributed by atoms with Crippen LogP contribution in [-0.2, 0) is 14.3 Å². The highest BCUT2D eigenvalue weighted by molar-refractivity contribution is 5.98. The number of carbonyl (C=O) groups excluding carboxylic acids is 2. The highest BCUT2D eigenvalue weighted by atomic mass is 16.6. The van der Waals surface area contributed by atoms with Crippen molar-refractivity contribution in [1.82, 2.24) is 0 Å². The van der Waals surface area contributed by atoms with Crippen LogP contribution in [-0.4, -0.2) is 11.9 Å². The van der Waals surface area contributed by atoms with Crippen LogP contribution in [0.2, 0.25) is 0 Å². The van der Waals surface area contributed by atoms with Gasteiger partial charge in [0.2, 0.25) is 0 Å². The molecule has 1 saturated heterocycles. The predicted octanol–water partition coefficient (Wildman–Crippen LogP) is 9.26. The van der Waals surface area contributed by atoms with E-state index in [-0.39, 0.29) is 11.9 Å². The molecular formula is C30H52O3. The fraction of sp³-hybridized carbons (Fsp3) is 0.800. The summed E-state index contributed by atoms with van der Waals surface area (Å²) in [6.45, 7) is 4.51. The van der Waals surface area contributed by atoms with Gasteiger partial charge >= 0.3 is 11.9 Å². The average Bonchev–Trinajstić information content (AvgIpc) is 3.08. The second kappa shape index (κ2) is 21.2. The van der Waals surface area contributed by atoms with Crippen LogP contribution in [0.4, 0.5) is 0 Å². The maximum absolute atomic E-state index is 12.1. The van der Waals surface area contributed by atoms with Crippen LogP contribution >= 0.6 is 0 Å². The number of hydrogen-bond acceptors (Lipinski definition) is 3. The Labute approximate surface area is 204 Å². The maximum atomic E-state index is 12.1. The van der Waals surface area contributed by atoms with Crippen molar-refractivity contribution in [3.63, 3.8) is 0 Å². The van der Waals surface area contributed by atoms with Gasteiger partial charge in [-0.25, -0.2) is 0 Å². The SMILES string of the molecule is CCCCCCCCCC/C=C/C1C(=O)OC(=O)C1/C=C/CCCCCCCCCCCC. The molecule has 1 fully saturated rings. The Morgan fingerprint density at radius 2 is 0.818 bits per heavy atom. The van der Waals surface area contributed by atoms with Gasteiger partial charge in [0, 0.05) is 0 Å². The highest BCUT2D eigenvalue weighted by Crippen LogP contribution is 2.27. The first-order chi connectivity index (χ1) is 16.2. The minimum atomic E-state index is -0.435. The molecule has 1 rings (SSSR count). The molecule has 0 radical (unpaired) electrons. The molecule has 0 aromatic heterocycles. The van der Waals surface area contributed by atoms with E-state index < -0.39 is 11.8 Å². The number of carbonyl (C=O) groups is 2. The molecule has 2 atom stereocenters. The van der Waals surface area contributed by atoms with Crippen LogP contribution in [0.1, 0.15) is 142 Å². The summed E-state index contributed by atoms with van der Waals surface area (Å²) in [5, 5.41) is 0. The Morgan fingerprint density at radius 3 is 1.15 bits per heavy atom. The van der Waals surface area contributed by atoms with Crippen molar-refractivity contribution in [1.29, 1.82) is 0 Å². The molecule has 3 heteroatoms. The molecule has 0 amide bonds. The summed E-state index contributed by atoms with van der Waals surface area (Å²) in [5.74, 6) is -1.65. The Morgan fingerprint density at radius 1 is 0.515 bits per heavy atom. The minimum absolute atomic E-state index is 0.388. The van der Waals surface area contributed by atoms with Crippen LogP contribution in [0, 0.1) is 11.8 Å². The van der Waals surface area contributed by atoms with Crippen molar-refractivity contribution in [3.05, 3.63) is 24.3 Å². The summed E-state index contributed by atoms with van der Waals surface area (Å²) in [7, 11) is 0. The Kier molecular flexibility index (Phi) is 19.0. The third-order valence-corrected chi connectivity index (χ3v) is 6.77. The molecule has 1 heterocycles. The van der Waals surface area contributed by atoms with Crippen molar-refractivity contribution < 1.29 is 14.3 Å². The molecule has 1 aliphatic rings. The van der Waals surface area contributed by atoms with Crippen LogP contribution in [0.5, 0.6) is 0 Å². The largest absolute Gasteiger partial charge is 0.392 e. The number of esters is 2. The van der Waals surface area contributed by atoms with Gasteiger partial charge in [0.1, 0.15) is 0 Å². The molecule has 0 N–H and O–H groups in total. The standard InChI is InChI=1S/C30H52O3/c1-3-5-7-9-11-13-15-16-18-20-22-24-26-28-27(29(31)33-30(28)32)25-23-21-19-17-14-12-10-8-6-4-2/h23-28H,3-22H2,1-2H3/b25-23+,26-24+. The van der Waals surface area contributed by atoms with E-state index in [2.05, 4.69) is 26.0 Å². The zero-order valence-corrected chi connectivity index (χ0v) is 21.8. The van der Waals surface area contributed by atoms with Gasteiger partial charge in [-0.15, -0.1) is 0 Å². The molecule has 2 unspecified atom stereocenters. The zero-order chi connectivity index (χ0) is 24.0.